The first-order valence-electron chi connectivity index (χ1n) is 6.77. The number of hydrogen-bond donors (Lipinski definition) is 3. The lowest BCUT2D eigenvalue weighted by molar-refractivity contribution is -0.140. The summed E-state index contributed by atoms with van der Waals surface area (Å²) < 4.78 is 0. The summed E-state index contributed by atoms with van der Waals surface area (Å²) in [7, 11) is 0. The predicted octanol–water partition coefficient (Wildman–Crippen LogP) is 1.04. The van der Waals surface area contributed by atoms with Crippen LogP contribution in [-0.2, 0) is 4.79 Å². The van der Waals surface area contributed by atoms with Crippen molar-refractivity contribution >= 4 is 12.0 Å². The monoisotopic (exact) mass is 272 g/mol. The van der Waals surface area contributed by atoms with Crippen LogP contribution in [0, 0.1) is 5.92 Å². The number of aliphatic carboxylic acids is 1. The van der Waals surface area contributed by atoms with E-state index in [9.17, 15) is 14.7 Å². The molecule has 0 spiro atoms. The average Bonchev–Trinajstić information content (AvgIpc) is 2.34. The van der Waals surface area contributed by atoms with Gasteiger partial charge in [-0.3, -0.25) is 0 Å². The number of rotatable bonds is 4. The molecule has 6 nitrogen and oxygen atoms in total. The third kappa shape index (κ3) is 4.38. The predicted molar refractivity (Wildman–Crippen MR) is 70.8 cm³/mol. The standard InChI is InChI=1S/C13H24N2O4/c1-4-9(2)10(11(16)17)14-12(18)15-7-5-13(3,19)6-8-15/h9-10,19H,4-8H2,1-3H3,(H,14,18)(H,16,17)/t9?,10-/m0/s1. The summed E-state index contributed by atoms with van der Waals surface area (Å²) in [6.07, 6.45) is 1.72. The van der Waals surface area contributed by atoms with E-state index in [4.69, 9.17) is 5.11 Å². The fourth-order valence-electron chi connectivity index (χ4n) is 2.10. The normalized spacial score (nSPS) is 21.6. The molecule has 0 aromatic rings. The van der Waals surface area contributed by atoms with Crippen LogP contribution in [0.3, 0.4) is 0 Å². The Kier molecular flexibility index (Phi) is 5.17. The number of nitrogens with one attached hydrogen (secondary N) is 1. The first kappa shape index (κ1) is 15.8. The first-order valence-corrected chi connectivity index (χ1v) is 6.77. The molecule has 0 saturated carbocycles. The molecule has 0 aromatic carbocycles. The summed E-state index contributed by atoms with van der Waals surface area (Å²) in [5, 5.41) is 21.5. The van der Waals surface area contributed by atoms with Gasteiger partial charge in [0.05, 0.1) is 5.60 Å². The molecule has 1 aliphatic rings. The minimum atomic E-state index is -1.01. The number of aliphatic hydroxyl groups is 1. The second kappa shape index (κ2) is 6.23. The Morgan fingerprint density at radius 1 is 1.37 bits per heavy atom. The number of carboxylic acid groups (broad SMARTS) is 1. The first-order chi connectivity index (χ1) is 8.76. The molecule has 1 heterocycles. The summed E-state index contributed by atoms with van der Waals surface area (Å²) in [4.78, 5) is 24.7. The van der Waals surface area contributed by atoms with E-state index in [0.29, 0.717) is 32.4 Å². The smallest absolute Gasteiger partial charge is 0.326 e. The number of urea groups is 1. The molecule has 3 N–H and O–H groups in total. The summed E-state index contributed by atoms with van der Waals surface area (Å²) in [6.45, 7) is 6.35. The van der Waals surface area contributed by atoms with Crippen molar-refractivity contribution < 1.29 is 19.8 Å². The zero-order valence-electron chi connectivity index (χ0n) is 11.8. The van der Waals surface area contributed by atoms with Gasteiger partial charge in [0.15, 0.2) is 0 Å². The SMILES string of the molecule is CCC(C)[C@H](NC(=O)N1CCC(C)(O)CC1)C(=O)O. The minimum Gasteiger partial charge on any atom is -0.480 e. The van der Waals surface area contributed by atoms with Gasteiger partial charge in [-0.25, -0.2) is 9.59 Å². The molecule has 0 aromatic heterocycles. The van der Waals surface area contributed by atoms with Gasteiger partial charge in [0, 0.05) is 13.1 Å². The van der Waals surface area contributed by atoms with E-state index in [2.05, 4.69) is 5.32 Å². The molecule has 6 heteroatoms. The number of carbonyl (C=O) groups is 2. The third-order valence-electron chi connectivity index (χ3n) is 3.89. The van der Waals surface area contributed by atoms with E-state index < -0.39 is 17.6 Å². The Hall–Kier alpha value is -1.30. The van der Waals surface area contributed by atoms with Gasteiger partial charge in [-0.1, -0.05) is 20.3 Å². The summed E-state index contributed by atoms with van der Waals surface area (Å²) in [5.41, 5.74) is -0.723. The van der Waals surface area contributed by atoms with Gasteiger partial charge < -0.3 is 20.4 Å². The van der Waals surface area contributed by atoms with E-state index in [1.165, 1.54) is 0 Å². The maximum absolute atomic E-state index is 12.0. The van der Waals surface area contributed by atoms with Crippen LogP contribution in [0.2, 0.25) is 0 Å². The van der Waals surface area contributed by atoms with Crippen molar-refractivity contribution in [3.05, 3.63) is 0 Å². The molecule has 1 fully saturated rings. The highest BCUT2D eigenvalue weighted by atomic mass is 16.4. The number of likely N-dealkylation sites (tertiary alicyclic amines) is 1. The van der Waals surface area contributed by atoms with Crippen LogP contribution in [-0.4, -0.2) is 51.8 Å². The lowest BCUT2D eigenvalue weighted by Crippen LogP contribution is -2.54. The summed E-state index contributed by atoms with van der Waals surface area (Å²) >= 11 is 0. The summed E-state index contributed by atoms with van der Waals surface area (Å²) in [6, 6.07) is -1.22. The van der Waals surface area contributed by atoms with Crippen molar-refractivity contribution in [3.8, 4) is 0 Å². The second-order valence-electron chi connectivity index (χ2n) is 5.63. The van der Waals surface area contributed by atoms with Crippen molar-refractivity contribution in [2.75, 3.05) is 13.1 Å². The maximum Gasteiger partial charge on any atom is 0.326 e. The van der Waals surface area contributed by atoms with Gasteiger partial charge in [0.2, 0.25) is 0 Å². The molecule has 2 atom stereocenters. The summed E-state index contributed by atoms with van der Waals surface area (Å²) in [5.74, 6) is -1.12. The van der Waals surface area contributed by atoms with Crippen molar-refractivity contribution in [1.29, 1.82) is 0 Å². The number of hydrogen-bond acceptors (Lipinski definition) is 3. The van der Waals surface area contributed by atoms with Crippen LogP contribution < -0.4 is 5.32 Å². The highest BCUT2D eigenvalue weighted by molar-refractivity contribution is 5.82. The lowest BCUT2D eigenvalue weighted by atomic mass is 9.94. The Morgan fingerprint density at radius 3 is 2.32 bits per heavy atom. The van der Waals surface area contributed by atoms with Gasteiger partial charge >= 0.3 is 12.0 Å². The Morgan fingerprint density at radius 2 is 1.89 bits per heavy atom. The third-order valence-corrected chi connectivity index (χ3v) is 3.89. The highest BCUT2D eigenvalue weighted by Gasteiger charge is 2.32. The van der Waals surface area contributed by atoms with Crippen molar-refractivity contribution in [2.45, 2.75) is 51.7 Å². The van der Waals surface area contributed by atoms with Gasteiger partial charge in [0.1, 0.15) is 6.04 Å². The van der Waals surface area contributed by atoms with Crippen molar-refractivity contribution in [1.82, 2.24) is 10.2 Å². The molecule has 19 heavy (non-hydrogen) atoms. The Labute approximate surface area is 113 Å². The van der Waals surface area contributed by atoms with E-state index in [1.54, 1.807) is 18.7 Å². The highest BCUT2D eigenvalue weighted by Crippen LogP contribution is 2.21. The topological polar surface area (TPSA) is 89.9 Å². The Balaban J connectivity index is 2.56. The van der Waals surface area contributed by atoms with Crippen LogP contribution in [0.1, 0.15) is 40.0 Å². The molecule has 0 bridgehead atoms. The fourth-order valence-corrected chi connectivity index (χ4v) is 2.10. The van der Waals surface area contributed by atoms with Gasteiger partial charge in [-0.05, 0) is 25.7 Å². The average molecular weight is 272 g/mol. The molecule has 1 rings (SSSR count). The molecular formula is C13H24N2O4. The molecule has 1 unspecified atom stereocenters. The molecule has 1 saturated heterocycles. The van der Waals surface area contributed by atoms with Gasteiger partial charge in [-0.15, -0.1) is 0 Å². The Bertz CT molecular complexity index is 334. The molecule has 0 aliphatic carbocycles. The maximum atomic E-state index is 12.0. The minimum absolute atomic E-state index is 0.116. The van der Waals surface area contributed by atoms with Crippen LogP contribution in [0.15, 0.2) is 0 Å². The van der Waals surface area contributed by atoms with E-state index in [0.717, 1.165) is 0 Å². The van der Waals surface area contributed by atoms with Crippen LogP contribution >= 0.6 is 0 Å². The van der Waals surface area contributed by atoms with Crippen LogP contribution in [0.25, 0.3) is 0 Å². The fraction of sp³-hybridized carbons (Fsp3) is 0.846. The number of nitrogens with zero attached hydrogens (tertiary/aromatic N) is 1. The van der Waals surface area contributed by atoms with E-state index in [-0.39, 0.29) is 11.9 Å². The zero-order chi connectivity index (χ0) is 14.6. The van der Waals surface area contributed by atoms with Gasteiger partial charge in [0.25, 0.3) is 0 Å². The molecular weight excluding hydrogens is 248 g/mol. The second-order valence-corrected chi connectivity index (χ2v) is 5.63. The molecule has 110 valence electrons. The number of amides is 2. The van der Waals surface area contributed by atoms with E-state index >= 15 is 0 Å². The van der Waals surface area contributed by atoms with Crippen molar-refractivity contribution in [3.63, 3.8) is 0 Å². The van der Waals surface area contributed by atoms with Crippen LogP contribution in [0.4, 0.5) is 4.79 Å². The lowest BCUT2D eigenvalue weighted by Gasteiger charge is -2.36. The number of carboxylic acids is 1. The molecule has 2 amide bonds. The number of piperidine rings is 1. The van der Waals surface area contributed by atoms with E-state index in [1.807, 2.05) is 6.92 Å². The zero-order valence-corrected chi connectivity index (χ0v) is 11.8. The quantitative estimate of drug-likeness (QED) is 0.713. The molecule has 0 radical (unpaired) electrons. The van der Waals surface area contributed by atoms with Gasteiger partial charge in [-0.2, -0.15) is 0 Å². The number of carbonyl (C=O) groups excluding carboxylic acids is 1. The van der Waals surface area contributed by atoms with Crippen molar-refractivity contribution in [2.24, 2.45) is 5.92 Å². The van der Waals surface area contributed by atoms with Crippen LogP contribution in [0.5, 0.6) is 0 Å². The largest absolute Gasteiger partial charge is 0.480 e. The molecule has 1 aliphatic heterocycles.